The van der Waals surface area contributed by atoms with E-state index < -0.39 is 0 Å². The van der Waals surface area contributed by atoms with Crippen LogP contribution in [0.5, 0.6) is 0 Å². The third kappa shape index (κ3) is 5.55. The van der Waals surface area contributed by atoms with Crippen LogP contribution in [0.15, 0.2) is 54.6 Å². The third-order valence-electron chi connectivity index (χ3n) is 3.73. The first-order valence-electron chi connectivity index (χ1n) is 7.96. The Morgan fingerprint density at radius 2 is 1.75 bits per heavy atom. The number of aliphatic hydroxyl groups excluding tert-OH is 1. The summed E-state index contributed by atoms with van der Waals surface area (Å²) in [5, 5.41) is 12.8. The maximum Gasteiger partial charge on any atom is 0.230 e. The fraction of sp³-hybridized carbons (Fsp3) is 0.316. The second-order valence-corrected chi connectivity index (χ2v) is 7.04. The van der Waals surface area contributed by atoms with E-state index in [4.69, 9.17) is 11.6 Å². The van der Waals surface area contributed by atoms with Gasteiger partial charge in [-0.2, -0.15) is 0 Å². The molecule has 2 unspecified atom stereocenters. The minimum atomic E-state index is -0.177. The molecule has 0 radical (unpaired) electrons. The molecule has 3 nitrogen and oxygen atoms in total. The van der Waals surface area contributed by atoms with E-state index in [-0.39, 0.29) is 23.8 Å². The van der Waals surface area contributed by atoms with Crippen molar-refractivity contribution in [2.24, 2.45) is 0 Å². The standard InChI is InChI=1S/C19H22ClNO2S/c1-2-17(12-22)21-18(23)13-24-19(14-6-4-3-5-7-14)15-8-10-16(20)11-9-15/h3-11,17,19,22H,2,12-13H2,1H3,(H,21,23). The predicted octanol–water partition coefficient (Wildman–Crippen LogP) is 4.05. The number of aliphatic hydroxyl groups is 1. The minimum absolute atomic E-state index is 0.0355. The van der Waals surface area contributed by atoms with Crippen LogP contribution in [0, 0.1) is 0 Å². The van der Waals surface area contributed by atoms with Crippen molar-refractivity contribution in [3.8, 4) is 0 Å². The summed E-state index contributed by atoms with van der Waals surface area (Å²) in [5.41, 5.74) is 2.25. The zero-order chi connectivity index (χ0) is 17.4. The van der Waals surface area contributed by atoms with Crippen molar-refractivity contribution in [1.82, 2.24) is 5.32 Å². The second kappa shape index (κ2) is 9.72. The van der Waals surface area contributed by atoms with Crippen molar-refractivity contribution in [3.05, 3.63) is 70.7 Å². The summed E-state index contributed by atoms with van der Waals surface area (Å²) >= 11 is 7.55. The molecule has 0 spiro atoms. The number of nitrogens with one attached hydrogen (secondary N) is 1. The van der Waals surface area contributed by atoms with Crippen LogP contribution in [0.1, 0.15) is 29.7 Å². The number of halogens is 1. The van der Waals surface area contributed by atoms with Gasteiger partial charge < -0.3 is 10.4 Å². The van der Waals surface area contributed by atoms with E-state index in [0.717, 1.165) is 11.1 Å². The second-order valence-electron chi connectivity index (χ2n) is 5.51. The molecule has 0 aliphatic rings. The lowest BCUT2D eigenvalue weighted by atomic mass is 10.0. The Kier molecular flexibility index (Phi) is 7.63. The van der Waals surface area contributed by atoms with E-state index in [1.54, 1.807) is 11.8 Å². The van der Waals surface area contributed by atoms with Crippen molar-refractivity contribution >= 4 is 29.3 Å². The molecule has 0 heterocycles. The molecular formula is C19H22ClNO2S. The van der Waals surface area contributed by atoms with Crippen LogP contribution in [0.2, 0.25) is 5.02 Å². The minimum Gasteiger partial charge on any atom is -0.394 e. The molecule has 2 atom stereocenters. The first-order valence-corrected chi connectivity index (χ1v) is 9.39. The van der Waals surface area contributed by atoms with Gasteiger partial charge in [0.25, 0.3) is 0 Å². The maximum atomic E-state index is 12.1. The quantitative estimate of drug-likeness (QED) is 0.743. The average molecular weight is 364 g/mol. The smallest absolute Gasteiger partial charge is 0.230 e. The Balaban J connectivity index is 2.09. The van der Waals surface area contributed by atoms with Crippen LogP contribution in [0.25, 0.3) is 0 Å². The molecule has 2 rings (SSSR count). The van der Waals surface area contributed by atoms with Crippen LogP contribution in [0.3, 0.4) is 0 Å². The molecular weight excluding hydrogens is 342 g/mol. The Hall–Kier alpha value is -1.49. The molecule has 2 aromatic carbocycles. The van der Waals surface area contributed by atoms with Crippen molar-refractivity contribution < 1.29 is 9.90 Å². The molecule has 128 valence electrons. The number of hydrogen-bond donors (Lipinski definition) is 2. The summed E-state index contributed by atoms with van der Waals surface area (Å²) in [6.45, 7) is 1.90. The van der Waals surface area contributed by atoms with Gasteiger partial charge in [0, 0.05) is 5.02 Å². The lowest BCUT2D eigenvalue weighted by molar-refractivity contribution is -0.119. The van der Waals surface area contributed by atoms with Gasteiger partial charge in [0.2, 0.25) is 5.91 Å². The van der Waals surface area contributed by atoms with Crippen molar-refractivity contribution in [2.75, 3.05) is 12.4 Å². The highest BCUT2D eigenvalue weighted by atomic mass is 35.5. The molecule has 0 fully saturated rings. The molecule has 24 heavy (non-hydrogen) atoms. The van der Waals surface area contributed by atoms with Gasteiger partial charge in [-0.15, -0.1) is 11.8 Å². The van der Waals surface area contributed by atoms with E-state index in [0.29, 0.717) is 17.2 Å². The SMILES string of the molecule is CCC(CO)NC(=O)CSC(c1ccccc1)c1ccc(Cl)cc1. The molecule has 2 aromatic rings. The molecule has 0 saturated carbocycles. The van der Waals surface area contributed by atoms with Crippen LogP contribution in [0.4, 0.5) is 0 Å². The maximum absolute atomic E-state index is 12.1. The highest BCUT2D eigenvalue weighted by molar-refractivity contribution is 8.00. The van der Waals surface area contributed by atoms with E-state index in [2.05, 4.69) is 17.4 Å². The van der Waals surface area contributed by atoms with Crippen molar-refractivity contribution in [1.29, 1.82) is 0 Å². The van der Waals surface area contributed by atoms with Gasteiger partial charge in [0.1, 0.15) is 0 Å². The number of thioether (sulfide) groups is 1. The summed E-state index contributed by atoms with van der Waals surface area (Å²) in [6.07, 6.45) is 0.714. The van der Waals surface area contributed by atoms with Gasteiger partial charge in [0.15, 0.2) is 0 Å². The molecule has 2 N–H and O–H groups in total. The average Bonchev–Trinajstić information content (AvgIpc) is 2.62. The van der Waals surface area contributed by atoms with Crippen molar-refractivity contribution in [3.63, 3.8) is 0 Å². The Morgan fingerprint density at radius 1 is 1.12 bits per heavy atom. The Labute approximate surface area is 152 Å². The molecule has 5 heteroatoms. The van der Waals surface area contributed by atoms with Gasteiger partial charge in [-0.3, -0.25) is 4.79 Å². The van der Waals surface area contributed by atoms with Crippen LogP contribution < -0.4 is 5.32 Å². The number of hydrogen-bond acceptors (Lipinski definition) is 3. The van der Waals surface area contributed by atoms with Gasteiger partial charge in [-0.25, -0.2) is 0 Å². The fourth-order valence-corrected chi connectivity index (χ4v) is 3.58. The Bertz CT molecular complexity index is 630. The van der Waals surface area contributed by atoms with Crippen LogP contribution in [-0.4, -0.2) is 29.4 Å². The topological polar surface area (TPSA) is 49.3 Å². The zero-order valence-electron chi connectivity index (χ0n) is 13.6. The molecule has 0 aliphatic carbocycles. The van der Waals surface area contributed by atoms with Crippen LogP contribution >= 0.6 is 23.4 Å². The van der Waals surface area contributed by atoms with Crippen molar-refractivity contribution in [2.45, 2.75) is 24.6 Å². The van der Waals surface area contributed by atoms with Crippen LogP contribution in [-0.2, 0) is 4.79 Å². The van der Waals surface area contributed by atoms with Gasteiger partial charge in [-0.1, -0.05) is 61.0 Å². The van der Waals surface area contributed by atoms with E-state index in [1.807, 2.05) is 49.4 Å². The summed E-state index contributed by atoms with van der Waals surface area (Å²) in [4.78, 5) is 12.1. The summed E-state index contributed by atoms with van der Waals surface area (Å²) < 4.78 is 0. The number of amides is 1. The van der Waals surface area contributed by atoms with Gasteiger partial charge in [-0.05, 0) is 29.7 Å². The third-order valence-corrected chi connectivity index (χ3v) is 5.29. The lowest BCUT2D eigenvalue weighted by Crippen LogP contribution is -2.38. The lowest BCUT2D eigenvalue weighted by Gasteiger charge is -2.19. The van der Waals surface area contributed by atoms with Gasteiger partial charge in [0.05, 0.1) is 23.7 Å². The largest absolute Gasteiger partial charge is 0.394 e. The van der Waals surface area contributed by atoms with E-state index in [1.165, 1.54) is 0 Å². The van der Waals surface area contributed by atoms with E-state index >= 15 is 0 Å². The zero-order valence-corrected chi connectivity index (χ0v) is 15.2. The summed E-state index contributed by atoms with van der Waals surface area (Å²) in [5.74, 6) is 0.273. The molecule has 0 bridgehead atoms. The molecule has 0 saturated heterocycles. The molecule has 0 aromatic heterocycles. The first kappa shape index (κ1) is 18.8. The summed E-state index contributed by atoms with van der Waals surface area (Å²) in [6, 6.07) is 17.6. The molecule has 0 aliphatic heterocycles. The number of rotatable bonds is 8. The first-order chi connectivity index (χ1) is 11.6. The van der Waals surface area contributed by atoms with E-state index in [9.17, 15) is 9.90 Å². The summed E-state index contributed by atoms with van der Waals surface area (Å²) in [7, 11) is 0. The number of carbonyl (C=O) groups excluding carboxylic acids is 1. The number of carbonyl (C=O) groups is 1. The number of benzene rings is 2. The predicted molar refractivity (Wildman–Crippen MR) is 102 cm³/mol. The monoisotopic (exact) mass is 363 g/mol. The Morgan fingerprint density at radius 3 is 2.33 bits per heavy atom. The fourth-order valence-electron chi connectivity index (χ4n) is 2.36. The van der Waals surface area contributed by atoms with Gasteiger partial charge >= 0.3 is 0 Å². The normalized spacial score (nSPS) is 13.3. The molecule has 1 amide bonds. The highest BCUT2D eigenvalue weighted by Gasteiger charge is 2.17. The highest BCUT2D eigenvalue weighted by Crippen LogP contribution is 2.35.